The van der Waals surface area contributed by atoms with Gasteiger partial charge in [-0.2, -0.15) is 18.2 Å². The van der Waals surface area contributed by atoms with E-state index in [2.05, 4.69) is 14.7 Å². The van der Waals surface area contributed by atoms with Gasteiger partial charge in [-0.05, 0) is 11.5 Å². The second-order valence-corrected chi connectivity index (χ2v) is 6.16. The van der Waals surface area contributed by atoms with E-state index in [4.69, 9.17) is 4.84 Å². The molecule has 7 nitrogen and oxygen atoms in total. The van der Waals surface area contributed by atoms with Gasteiger partial charge in [-0.1, -0.05) is 43.3 Å². The zero-order valence-corrected chi connectivity index (χ0v) is 14.9. The topological polar surface area (TPSA) is 85.5 Å². The van der Waals surface area contributed by atoms with E-state index in [0.717, 1.165) is 5.06 Å². The Bertz CT molecular complexity index is 801. The number of aromatic nitrogens is 2. The van der Waals surface area contributed by atoms with Crippen LogP contribution in [0, 0.1) is 5.92 Å². The van der Waals surface area contributed by atoms with Crippen LogP contribution in [0.2, 0.25) is 0 Å². The van der Waals surface area contributed by atoms with Gasteiger partial charge in [0, 0.05) is 12.0 Å². The van der Waals surface area contributed by atoms with Crippen LogP contribution in [0.3, 0.4) is 0 Å². The molecule has 1 heterocycles. The molecule has 27 heavy (non-hydrogen) atoms. The van der Waals surface area contributed by atoms with Gasteiger partial charge in [0.05, 0.1) is 13.7 Å². The summed E-state index contributed by atoms with van der Waals surface area (Å²) in [6, 6.07) is 6.08. The number of carbonyl (C=O) groups is 2. The van der Waals surface area contributed by atoms with Crippen LogP contribution in [-0.2, 0) is 27.1 Å². The lowest BCUT2D eigenvalue weighted by Crippen LogP contribution is -2.35. The third-order valence-electron chi connectivity index (χ3n) is 3.49. The number of hydrogen-bond acceptors (Lipinski definition) is 6. The van der Waals surface area contributed by atoms with E-state index in [1.54, 1.807) is 12.1 Å². The number of hydroxylamine groups is 2. The van der Waals surface area contributed by atoms with Gasteiger partial charge in [-0.15, -0.1) is 0 Å². The molecule has 1 aromatic heterocycles. The first kappa shape index (κ1) is 20.6. The molecular weight excluding hydrogens is 367 g/mol. The Morgan fingerprint density at radius 2 is 1.85 bits per heavy atom. The highest BCUT2D eigenvalue weighted by Crippen LogP contribution is 2.29. The Hall–Kier alpha value is -2.75. The van der Waals surface area contributed by atoms with Crippen molar-refractivity contribution >= 4 is 11.7 Å². The fourth-order valence-corrected chi connectivity index (χ4v) is 2.20. The SMILES string of the molecule is CON(Cc1ccc(-c2noc(C(F)(F)F)n2)cc1)C(=O)C(=O)CC(C)C. The van der Waals surface area contributed by atoms with Gasteiger partial charge in [0.25, 0.3) is 0 Å². The van der Waals surface area contributed by atoms with Crippen LogP contribution in [0.1, 0.15) is 31.7 Å². The molecule has 10 heteroatoms. The third-order valence-corrected chi connectivity index (χ3v) is 3.49. The largest absolute Gasteiger partial charge is 0.471 e. The molecule has 0 radical (unpaired) electrons. The molecule has 0 N–H and O–H groups in total. The van der Waals surface area contributed by atoms with Gasteiger partial charge in [-0.25, -0.2) is 5.06 Å². The quantitative estimate of drug-likeness (QED) is 0.537. The molecule has 0 saturated carbocycles. The minimum Gasteiger partial charge on any atom is -0.329 e. The van der Waals surface area contributed by atoms with E-state index in [9.17, 15) is 22.8 Å². The maximum atomic E-state index is 12.5. The summed E-state index contributed by atoms with van der Waals surface area (Å²) >= 11 is 0. The summed E-state index contributed by atoms with van der Waals surface area (Å²) in [5, 5.41) is 4.23. The van der Waals surface area contributed by atoms with Crippen molar-refractivity contribution in [2.24, 2.45) is 5.92 Å². The second kappa shape index (κ2) is 8.30. The fourth-order valence-electron chi connectivity index (χ4n) is 2.20. The average Bonchev–Trinajstić information content (AvgIpc) is 3.09. The van der Waals surface area contributed by atoms with E-state index in [1.165, 1.54) is 19.2 Å². The van der Waals surface area contributed by atoms with Gasteiger partial charge < -0.3 is 4.52 Å². The van der Waals surface area contributed by atoms with Crippen LogP contribution in [0.4, 0.5) is 13.2 Å². The zero-order chi connectivity index (χ0) is 20.2. The number of ketones is 1. The molecule has 0 saturated heterocycles. The Morgan fingerprint density at radius 1 is 1.22 bits per heavy atom. The molecule has 0 unspecified atom stereocenters. The number of alkyl halides is 3. The predicted molar refractivity (Wildman–Crippen MR) is 86.8 cm³/mol. The summed E-state index contributed by atoms with van der Waals surface area (Å²) in [5.74, 6) is -2.92. The number of benzene rings is 1. The fraction of sp³-hybridized carbons (Fsp3) is 0.412. The van der Waals surface area contributed by atoms with Crippen molar-refractivity contribution in [1.29, 1.82) is 0 Å². The van der Waals surface area contributed by atoms with Crippen molar-refractivity contribution in [1.82, 2.24) is 15.2 Å². The van der Waals surface area contributed by atoms with Crippen LogP contribution < -0.4 is 0 Å². The van der Waals surface area contributed by atoms with E-state index in [-0.39, 0.29) is 24.7 Å². The van der Waals surface area contributed by atoms with Crippen molar-refractivity contribution in [2.45, 2.75) is 33.0 Å². The first-order valence-electron chi connectivity index (χ1n) is 8.00. The molecule has 1 aromatic carbocycles. The number of Topliss-reactive ketones (excluding diaryl/α,β-unsaturated/α-hetero) is 1. The molecular formula is C17H18F3N3O4. The Kier molecular flexibility index (Phi) is 6.32. The van der Waals surface area contributed by atoms with E-state index in [1.807, 2.05) is 13.8 Å². The second-order valence-electron chi connectivity index (χ2n) is 6.16. The van der Waals surface area contributed by atoms with Crippen molar-refractivity contribution in [3.8, 4) is 11.4 Å². The summed E-state index contributed by atoms with van der Waals surface area (Å²) in [6.45, 7) is 3.64. The van der Waals surface area contributed by atoms with Crippen LogP contribution in [0.25, 0.3) is 11.4 Å². The van der Waals surface area contributed by atoms with Gasteiger partial charge in [0.2, 0.25) is 11.6 Å². The summed E-state index contributed by atoms with van der Waals surface area (Å²) in [5.41, 5.74) is 0.912. The molecule has 0 fully saturated rings. The Morgan fingerprint density at radius 3 is 2.33 bits per heavy atom. The van der Waals surface area contributed by atoms with Gasteiger partial charge >= 0.3 is 18.0 Å². The van der Waals surface area contributed by atoms with Crippen LogP contribution >= 0.6 is 0 Å². The lowest BCUT2D eigenvalue weighted by atomic mass is 10.1. The number of amides is 1. The first-order chi connectivity index (χ1) is 12.6. The zero-order valence-electron chi connectivity index (χ0n) is 14.9. The van der Waals surface area contributed by atoms with E-state index in [0.29, 0.717) is 11.1 Å². The summed E-state index contributed by atoms with van der Waals surface area (Å²) in [7, 11) is 1.27. The lowest BCUT2D eigenvalue weighted by molar-refractivity contribution is -0.182. The average molecular weight is 385 g/mol. The summed E-state index contributed by atoms with van der Waals surface area (Å²) < 4.78 is 41.7. The Labute approximate surface area is 153 Å². The van der Waals surface area contributed by atoms with Crippen LogP contribution in [-0.4, -0.2) is 34.0 Å². The first-order valence-corrected chi connectivity index (χ1v) is 8.00. The molecule has 0 atom stereocenters. The maximum Gasteiger partial charge on any atom is 0.471 e. The standard InChI is InChI=1S/C17H18F3N3O4/c1-10(2)8-13(24)15(25)23(26-3)9-11-4-6-12(7-5-11)14-21-16(27-22-14)17(18,19)20/h4-7,10H,8-9H2,1-3H3. The molecule has 2 rings (SSSR count). The smallest absolute Gasteiger partial charge is 0.329 e. The minimum atomic E-state index is -4.72. The molecule has 1 amide bonds. The number of nitrogens with zero attached hydrogens (tertiary/aromatic N) is 3. The van der Waals surface area contributed by atoms with Crippen molar-refractivity contribution < 1.29 is 32.1 Å². The third kappa shape index (κ3) is 5.36. The summed E-state index contributed by atoms with van der Waals surface area (Å²) in [6.07, 6.45) is -4.61. The molecule has 0 aliphatic carbocycles. The highest BCUT2D eigenvalue weighted by molar-refractivity contribution is 6.35. The Balaban J connectivity index is 2.09. The van der Waals surface area contributed by atoms with Crippen molar-refractivity contribution in [2.75, 3.05) is 7.11 Å². The van der Waals surface area contributed by atoms with E-state index < -0.39 is 23.8 Å². The highest BCUT2D eigenvalue weighted by atomic mass is 19.4. The van der Waals surface area contributed by atoms with Crippen LogP contribution in [0.15, 0.2) is 28.8 Å². The van der Waals surface area contributed by atoms with Gasteiger partial charge in [-0.3, -0.25) is 14.4 Å². The number of hydrogen-bond donors (Lipinski definition) is 0. The number of carbonyl (C=O) groups excluding carboxylic acids is 2. The highest BCUT2D eigenvalue weighted by Gasteiger charge is 2.38. The predicted octanol–water partition coefficient (Wildman–Crippen LogP) is 3.26. The normalized spacial score (nSPS) is 11.7. The van der Waals surface area contributed by atoms with Gasteiger partial charge in [0.15, 0.2) is 0 Å². The maximum absolute atomic E-state index is 12.5. The molecule has 0 spiro atoms. The molecule has 0 aliphatic heterocycles. The van der Waals surface area contributed by atoms with E-state index >= 15 is 0 Å². The number of rotatable bonds is 7. The summed E-state index contributed by atoms with van der Waals surface area (Å²) in [4.78, 5) is 32.3. The molecule has 2 aromatic rings. The lowest BCUT2D eigenvalue weighted by Gasteiger charge is -2.19. The minimum absolute atomic E-state index is 0.000502. The van der Waals surface area contributed by atoms with Crippen LogP contribution in [0.5, 0.6) is 0 Å². The van der Waals surface area contributed by atoms with Crippen molar-refractivity contribution in [3.05, 3.63) is 35.7 Å². The molecule has 0 aliphatic rings. The number of halogens is 3. The molecule has 146 valence electrons. The van der Waals surface area contributed by atoms with Gasteiger partial charge in [0.1, 0.15) is 0 Å². The van der Waals surface area contributed by atoms with Crippen molar-refractivity contribution in [3.63, 3.8) is 0 Å². The molecule has 0 bridgehead atoms. The monoisotopic (exact) mass is 385 g/mol.